The third-order valence-electron chi connectivity index (χ3n) is 3.38. The van der Waals surface area contributed by atoms with Gasteiger partial charge in [-0.15, -0.1) is 11.3 Å². The second kappa shape index (κ2) is 10.2. The first-order valence-corrected chi connectivity index (χ1v) is 10.8. The summed E-state index contributed by atoms with van der Waals surface area (Å²) < 4.78 is 0.883. The summed E-state index contributed by atoms with van der Waals surface area (Å²) in [7, 11) is 0. The van der Waals surface area contributed by atoms with Gasteiger partial charge in [-0.05, 0) is 42.6 Å². The van der Waals surface area contributed by atoms with Crippen molar-refractivity contribution < 1.29 is 4.79 Å². The average Bonchev–Trinajstić information content (AvgIpc) is 3.22. The summed E-state index contributed by atoms with van der Waals surface area (Å²) in [5.74, 6) is -0.243. The molecule has 0 atom stereocenters. The lowest BCUT2D eigenvalue weighted by Gasteiger charge is -2.07. The maximum atomic E-state index is 12.4. The lowest BCUT2D eigenvalue weighted by atomic mass is 10.3. The van der Waals surface area contributed by atoms with Crippen LogP contribution in [0.15, 0.2) is 103 Å². The minimum absolute atomic E-state index is 0.243. The van der Waals surface area contributed by atoms with Gasteiger partial charge < -0.3 is 0 Å². The molecule has 1 N–H and O–H groups in total. The molecule has 3 nitrogen and oxygen atoms in total. The molecule has 0 bridgehead atoms. The van der Waals surface area contributed by atoms with Crippen molar-refractivity contribution in [3.63, 3.8) is 0 Å². The van der Waals surface area contributed by atoms with Crippen LogP contribution in [0.4, 0.5) is 0 Å². The topological polar surface area (TPSA) is 41.5 Å². The Bertz CT molecular complexity index is 877. The highest BCUT2D eigenvalue weighted by Crippen LogP contribution is 2.38. The van der Waals surface area contributed by atoms with Gasteiger partial charge in [-0.1, -0.05) is 66.0 Å². The first-order valence-electron chi connectivity index (χ1n) is 8.26. The van der Waals surface area contributed by atoms with Gasteiger partial charge in [0, 0.05) is 20.7 Å². The molecule has 3 aromatic rings. The van der Waals surface area contributed by atoms with Crippen LogP contribution in [0.2, 0.25) is 0 Å². The largest absolute Gasteiger partial charge is 0.268 e. The third kappa shape index (κ3) is 6.43. The molecule has 0 spiro atoms. The molecule has 0 saturated heterocycles. The van der Waals surface area contributed by atoms with E-state index in [1.54, 1.807) is 40.9 Å². The summed E-state index contributed by atoms with van der Waals surface area (Å²) in [6.07, 6.45) is 1.60. The van der Waals surface area contributed by atoms with Gasteiger partial charge in [-0.3, -0.25) is 4.79 Å². The van der Waals surface area contributed by atoms with Gasteiger partial charge in [-0.2, -0.15) is 5.10 Å². The molecule has 0 aliphatic heterocycles. The highest BCUT2D eigenvalue weighted by atomic mass is 32.2. The van der Waals surface area contributed by atoms with Crippen molar-refractivity contribution >= 4 is 46.5 Å². The molecule has 136 valence electrons. The molecule has 0 radical (unpaired) electrons. The number of amides is 1. The normalized spacial score (nSPS) is 11.1. The maximum Gasteiger partial charge on any atom is 0.265 e. The molecule has 1 aromatic heterocycles. The molecule has 6 heteroatoms. The van der Waals surface area contributed by atoms with Gasteiger partial charge in [0.25, 0.3) is 5.91 Å². The molecule has 3 rings (SSSR count). The minimum Gasteiger partial charge on any atom is -0.268 e. The summed E-state index contributed by atoms with van der Waals surface area (Å²) >= 11 is 4.72. The zero-order valence-corrected chi connectivity index (χ0v) is 17.1. The standard InChI is InChI=1S/C21H18N2OS3/c1-16(19-13-8-14-25-19)22-23-20(24)15-21(26-17-9-4-2-5-10-17)27-18-11-6-3-7-12-18/h2-15H,1H3,(H,23,24)/b22-16+. The predicted molar refractivity (Wildman–Crippen MR) is 117 cm³/mol. The minimum atomic E-state index is -0.243. The van der Waals surface area contributed by atoms with Crippen LogP contribution in [-0.2, 0) is 4.79 Å². The molecule has 1 heterocycles. The number of hydrogen-bond acceptors (Lipinski definition) is 5. The summed E-state index contributed by atoms with van der Waals surface area (Å²) in [4.78, 5) is 15.6. The summed E-state index contributed by atoms with van der Waals surface area (Å²) in [5.41, 5.74) is 3.42. The lowest BCUT2D eigenvalue weighted by Crippen LogP contribution is -2.16. The van der Waals surface area contributed by atoms with E-state index in [4.69, 9.17) is 0 Å². The number of hydrazone groups is 1. The first kappa shape index (κ1) is 19.5. The van der Waals surface area contributed by atoms with Crippen molar-refractivity contribution in [2.24, 2.45) is 5.10 Å². The number of carbonyl (C=O) groups is 1. The molecule has 0 aliphatic rings. The fourth-order valence-corrected chi connectivity index (χ4v) is 4.91. The lowest BCUT2D eigenvalue weighted by molar-refractivity contribution is -0.116. The van der Waals surface area contributed by atoms with Crippen molar-refractivity contribution in [1.29, 1.82) is 0 Å². The van der Waals surface area contributed by atoms with Gasteiger partial charge >= 0.3 is 0 Å². The van der Waals surface area contributed by atoms with E-state index in [2.05, 4.69) is 10.5 Å². The highest BCUT2D eigenvalue weighted by molar-refractivity contribution is 8.22. The Morgan fingerprint density at radius 3 is 2.04 bits per heavy atom. The van der Waals surface area contributed by atoms with Crippen LogP contribution in [0.1, 0.15) is 11.8 Å². The van der Waals surface area contributed by atoms with Crippen molar-refractivity contribution in [2.75, 3.05) is 0 Å². The van der Waals surface area contributed by atoms with Gasteiger partial charge in [0.05, 0.1) is 9.95 Å². The van der Waals surface area contributed by atoms with Crippen LogP contribution in [-0.4, -0.2) is 11.6 Å². The monoisotopic (exact) mass is 410 g/mol. The number of carbonyl (C=O) groups excluding carboxylic acids is 1. The molecule has 2 aromatic carbocycles. The summed E-state index contributed by atoms with van der Waals surface area (Å²) in [6.45, 7) is 1.88. The summed E-state index contributed by atoms with van der Waals surface area (Å²) in [5, 5.41) is 6.19. The maximum absolute atomic E-state index is 12.4. The number of nitrogens with zero attached hydrogens (tertiary/aromatic N) is 1. The average molecular weight is 411 g/mol. The molecule has 0 saturated carbocycles. The van der Waals surface area contributed by atoms with Crippen molar-refractivity contribution in [3.05, 3.63) is 93.4 Å². The Labute approximate surface area is 171 Å². The van der Waals surface area contributed by atoms with E-state index in [1.165, 1.54) is 0 Å². The molecule has 1 amide bonds. The van der Waals surface area contributed by atoms with E-state index < -0.39 is 0 Å². The van der Waals surface area contributed by atoms with Crippen LogP contribution in [0, 0.1) is 0 Å². The Hall–Kier alpha value is -2.28. The van der Waals surface area contributed by atoms with Crippen LogP contribution in [0.25, 0.3) is 0 Å². The van der Waals surface area contributed by atoms with E-state index >= 15 is 0 Å². The zero-order chi connectivity index (χ0) is 18.9. The SMILES string of the molecule is C/C(=N\NC(=O)C=C(Sc1ccccc1)Sc1ccccc1)c1cccs1. The Morgan fingerprint density at radius 1 is 0.926 bits per heavy atom. The van der Waals surface area contributed by atoms with Crippen LogP contribution in [0.3, 0.4) is 0 Å². The molecule has 0 unspecified atom stereocenters. The van der Waals surface area contributed by atoms with Crippen molar-refractivity contribution in [1.82, 2.24) is 5.43 Å². The first-order chi connectivity index (χ1) is 13.2. The number of hydrogen-bond donors (Lipinski definition) is 1. The van der Waals surface area contributed by atoms with Gasteiger partial charge in [-0.25, -0.2) is 5.43 Å². The Morgan fingerprint density at radius 2 is 1.52 bits per heavy atom. The predicted octanol–water partition coefficient (Wildman–Crippen LogP) is 6.01. The van der Waals surface area contributed by atoms with Gasteiger partial charge in [0.1, 0.15) is 0 Å². The third-order valence-corrected chi connectivity index (χ3v) is 6.52. The smallest absolute Gasteiger partial charge is 0.265 e. The molecule has 0 fully saturated rings. The van der Waals surface area contributed by atoms with Crippen molar-refractivity contribution in [2.45, 2.75) is 16.7 Å². The van der Waals surface area contributed by atoms with E-state index in [0.717, 1.165) is 24.6 Å². The van der Waals surface area contributed by atoms with Crippen LogP contribution < -0.4 is 5.43 Å². The number of rotatable bonds is 7. The van der Waals surface area contributed by atoms with E-state index in [9.17, 15) is 4.79 Å². The van der Waals surface area contributed by atoms with Crippen molar-refractivity contribution in [3.8, 4) is 0 Å². The second-order valence-corrected chi connectivity index (χ2v) is 8.88. The molecule has 0 aliphatic carbocycles. The Kier molecular flexibility index (Phi) is 7.33. The number of thiophene rings is 1. The van der Waals surface area contributed by atoms with Crippen LogP contribution >= 0.6 is 34.9 Å². The zero-order valence-electron chi connectivity index (χ0n) is 14.7. The van der Waals surface area contributed by atoms with Gasteiger partial charge in [0.15, 0.2) is 0 Å². The summed E-state index contributed by atoms with van der Waals surface area (Å²) in [6, 6.07) is 24.0. The highest BCUT2D eigenvalue weighted by Gasteiger charge is 2.07. The number of benzene rings is 2. The molecular weight excluding hydrogens is 392 g/mol. The fraction of sp³-hybridized carbons (Fsp3) is 0.0476. The molecule has 27 heavy (non-hydrogen) atoms. The van der Waals surface area contributed by atoms with E-state index in [0.29, 0.717) is 0 Å². The molecular formula is C21H18N2OS3. The Balaban J connectivity index is 1.74. The fourth-order valence-electron chi connectivity index (χ4n) is 2.11. The van der Waals surface area contributed by atoms with E-state index in [1.807, 2.05) is 85.1 Å². The van der Waals surface area contributed by atoms with Gasteiger partial charge in [0.2, 0.25) is 0 Å². The quantitative estimate of drug-likeness (QED) is 0.224. The van der Waals surface area contributed by atoms with Crippen LogP contribution in [0.5, 0.6) is 0 Å². The number of nitrogens with one attached hydrogen (secondary N) is 1. The number of thioether (sulfide) groups is 2. The van der Waals surface area contributed by atoms with E-state index in [-0.39, 0.29) is 5.91 Å². The second-order valence-electron chi connectivity index (χ2n) is 5.44.